The number of H-pyrrole nitrogens is 1. The van der Waals surface area contributed by atoms with Gasteiger partial charge in [-0.3, -0.25) is 9.59 Å². The van der Waals surface area contributed by atoms with E-state index in [1.54, 1.807) is 27.6 Å². The number of carbonyl (C=O) groups is 1. The van der Waals surface area contributed by atoms with Gasteiger partial charge in [-0.05, 0) is 42.7 Å². The first kappa shape index (κ1) is 18.3. The molecule has 0 saturated carbocycles. The first-order valence-electron chi connectivity index (χ1n) is 8.98. The molecule has 27 heavy (non-hydrogen) atoms. The predicted octanol–water partition coefficient (Wildman–Crippen LogP) is 3.10. The van der Waals surface area contributed by atoms with Crippen LogP contribution in [0.3, 0.4) is 0 Å². The number of fused-ring (bicyclic) bond motifs is 3. The normalized spacial score (nSPS) is 13.7. The second-order valence-electron chi connectivity index (χ2n) is 6.67. The van der Waals surface area contributed by atoms with Crippen LogP contribution in [-0.2, 0) is 35.5 Å². The van der Waals surface area contributed by atoms with Crippen LogP contribution in [-0.4, -0.2) is 34.5 Å². The van der Waals surface area contributed by atoms with Gasteiger partial charge in [-0.15, -0.1) is 22.7 Å². The summed E-state index contributed by atoms with van der Waals surface area (Å²) >= 11 is 3.22. The van der Waals surface area contributed by atoms with Gasteiger partial charge in [0, 0.05) is 16.9 Å². The molecule has 1 aliphatic rings. The molecule has 0 fully saturated rings. The van der Waals surface area contributed by atoms with Crippen LogP contribution in [0.4, 0.5) is 0 Å². The summed E-state index contributed by atoms with van der Waals surface area (Å²) in [7, 11) is 1.50. The van der Waals surface area contributed by atoms with Crippen molar-refractivity contribution in [3.63, 3.8) is 0 Å². The fourth-order valence-corrected chi connectivity index (χ4v) is 5.50. The second kappa shape index (κ2) is 7.92. The largest absolute Gasteiger partial charge is 0.375 e. The van der Waals surface area contributed by atoms with E-state index in [-0.39, 0.29) is 24.6 Å². The van der Waals surface area contributed by atoms with E-state index in [0.717, 1.165) is 34.4 Å². The maximum Gasteiger partial charge on any atom is 0.259 e. The van der Waals surface area contributed by atoms with Crippen molar-refractivity contribution in [3.05, 3.63) is 49.0 Å². The number of nitrogens with one attached hydrogen (secondary N) is 1. The van der Waals surface area contributed by atoms with Crippen molar-refractivity contribution in [3.8, 4) is 0 Å². The molecule has 3 aromatic rings. The summed E-state index contributed by atoms with van der Waals surface area (Å²) in [5.41, 5.74) is 1.08. The van der Waals surface area contributed by atoms with E-state index < -0.39 is 0 Å². The van der Waals surface area contributed by atoms with Crippen molar-refractivity contribution in [1.82, 2.24) is 14.9 Å². The smallest absolute Gasteiger partial charge is 0.259 e. The lowest BCUT2D eigenvalue weighted by atomic mass is 9.97. The van der Waals surface area contributed by atoms with Crippen molar-refractivity contribution >= 4 is 38.8 Å². The zero-order valence-electron chi connectivity index (χ0n) is 15.1. The first-order valence-corrected chi connectivity index (χ1v) is 10.7. The maximum absolute atomic E-state index is 12.7. The number of nitrogens with zero attached hydrogens (tertiary/aromatic N) is 2. The molecule has 4 rings (SSSR count). The Hall–Kier alpha value is -2.03. The lowest BCUT2D eigenvalue weighted by Gasteiger charge is -2.21. The van der Waals surface area contributed by atoms with E-state index in [1.165, 1.54) is 24.0 Å². The summed E-state index contributed by atoms with van der Waals surface area (Å²) < 4.78 is 5.01. The summed E-state index contributed by atoms with van der Waals surface area (Å²) in [5.74, 6) is 0.395. The molecule has 3 aromatic heterocycles. The van der Waals surface area contributed by atoms with Gasteiger partial charge in [-0.2, -0.15) is 0 Å². The molecule has 0 spiro atoms. The van der Waals surface area contributed by atoms with Crippen LogP contribution in [0.2, 0.25) is 0 Å². The zero-order chi connectivity index (χ0) is 18.8. The SMILES string of the molecule is COCC(=O)N(Cc1nc2sc3c(c2c(=O)[nH]1)CCCC3)Cc1cccs1. The summed E-state index contributed by atoms with van der Waals surface area (Å²) in [5, 5.41) is 2.72. The molecule has 0 saturated heterocycles. The van der Waals surface area contributed by atoms with Crippen LogP contribution in [0.15, 0.2) is 22.3 Å². The third-order valence-electron chi connectivity index (χ3n) is 4.76. The Balaban J connectivity index is 1.65. The monoisotopic (exact) mass is 403 g/mol. The number of amides is 1. The van der Waals surface area contributed by atoms with Gasteiger partial charge in [0.05, 0.1) is 18.5 Å². The molecule has 1 amide bonds. The number of aryl methyl sites for hydroxylation is 2. The molecule has 0 unspecified atom stereocenters. The van der Waals surface area contributed by atoms with Crippen LogP contribution in [0.25, 0.3) is 10.2 Å². The van der Waals surface area contributed by atoms with Gasteiger partial charge in [-0.25, -0.2) is 4.98 Å². The number of hydrogen-bond donors (Lipinski definition) is 1. The first-order chi connectivity index (χ1) is 13.2. The number of thiophene rings is 2. The minimum atomic E-state index is -0.126. The Morgan fingerprint density at radius 3 is 2.96 bits per heavy atom. The van der Waals surface area contributed by atoms with E-state index in [9.17, 15) is 9.59 Å². The molecule has 0 aliphatic heterocycles. The van der Waals surface area contributed by atoms with Gasteiger partial charge in [0.15, 0.2) is 0 Å². The van der Waals surface area contributed by atoms with E-state index in [1.807, 2.05) is 17.5 Å². The Labute approximate surface area is 164 Å². The van der Waals surface area contributed by atoms with E-state index in [0.29, 0.717) is 12.4 Å². The third kappa shape index (κ3) is 3.83. The highest BCUT2D eigenvalue weighted by Gasteiger charge is 2.21. The van der Waals surface area contributed by atoms with Crippen LogP contribution >= 0.6 is 22.7 Å². The average Bonchev–Trinajstić information content (AvgIpc) is 3.28. The van der Waals surface area contributed by atoms with Gasteiger partial charge in [0.25, 0.3) is 5.56 Å². The molecular weight excluding hydrogens is 382 g/mol. The molecular formula is C19H21N3O3S2. The number of methoxy groups -OCH3 is 1. The third-order valence-corrected chi connectivity index (χ3v) is 6.81. The fraction of sp³-hybridized carbons (Fsp3) is 0.421. The van der Waals surface area contributed by atoms with Crippen LogP contribution in [0.5, 0.6) is 0 Å². The van der Waals surface area contributed by atoms with Gasteiger partial charge < -0.3 is 14.6 Å². The predicted molar refractivity (Wildman–Crippen MR) is 107 cm³/mol. The highest BCUT2D eigenvalue weighted by Crippen LogP contribution is 2.33. The Kier molecular flexibility index (Phi) is 5.38. The Bertz CT molecular complexity index is 1010. The van der Waals surface area contributed by atoms with Gasteiger partial charge >= 0.3 is 0 Å². The lowest BCUT2D eigenvalue weighted by Crippen LogP contribution is -2.34. The van der Waals surface area contributed by atoms with Crippen LogP contribution < -0.4 is 5.56 Å². The van der Waals surface area contributed by atoms with Crippen LogP contribution in [0.1, 0.15) is 34.0 Å². The Morgan fingerprint density at radius 2 is 2.19 bits per heavy atom. The topological polar surface area (TPSA) is 75.3 Å². The van der Waals surface area contributed by atoms with E-state index in [2.05, 4.69) is 9.97 Å². The fourth-order valence-electron chi connectivity index (χ4n) is 3.50. The molecule has 142 valence electrons. The van der Waals surface area contributed by atoms with Crippen molar-refractivity contribution in [2.75, 3.05) is 13.7 Å². The Morgan fingerprint density at radius 1 is 1.33 bits per heavy atom. The average molecular weight is 404 g/mol. The molecule has 1 aliphatic carbocycles. The minimum Gasteiger partial charge on any atom is -0.375 e. The molecule has 0 atom stereocenters. The molecule has 1 N–H and O–H groups in total. The van der Waals surface area contributed by atoms with Crippen molar-refractivity contribution in [1.29, 1.82) is 0 Å². The quantitative estimate of drug-likeness (QED) is 0.686. The van der Waals surface area contributed by atoms with Crippen molar-refractivity contribution in [2.24, 2.45) is 0 Å². The summed E-state index contributed by atoms with van der Waals surface area (Å²) in [4.78, 5) is 37.6. The molecule has 6 nitrogen and oxygen atoms in total. The molecule has 0 bridgehead atoms. The maximum atomic E-state index is 12.7. The van der Waals surface area contributed by atoms with Gasteiger partial charge in [0.1, 0.15) is 17.3 Å². The molecule has 0 radical (unpaired) electrons. The number of ether oxygens (including phenoxy) is 1. The van der Waals surface area contributed by atoms with Crippen molar-refractivity contribution < 1.29 is 9.53 Å². The summed E-state index contributed by atoms with van der Waals surface area (Å²) in [6, 6.07) is 3.95. The number of hydrogen-bond acceptors (Lipinski definition) is 6. The lowest BCUT2D eigenvalue weighted by molar-refractivity contribution is -0.136. The second-order valence-corrected chi connectivity index (χ2v) is 8.78. The van der Waals surface area contributed by atoms with Gasteiger partial charge in [-0.1, -0.05) is 6.07 Å². The number of carbonyl (C=O) groups excluding carboxylic acids is 1. The number of aromatic nitrogens is 2. The van der Waals surface area contributed by atoms with Crippen LogP contribution in [0, 0.1) is 0 Å². The summed E-state index contributed by atoms with van der Waals surface area (Å²) in [6.45, 7) is 0.738. The summed E-state index contributed by atoms with van der Waals surface area (Å²) in [6.07, 6.45) is 4.28. The van der Waals surface area contributed by atoms with Gasteiger partial charge in [0.2, 0.25) is 5.91 Å². The van der Waals surface area contributed by atoms with Crippen molar-refractivity contribution in [2.45, 2.75) is 38.8 Å². The zero-order valence-corrected chi connectivity index (χ0v) is 16.8. The molecule has 8 heteroatoms. The highest BCUT2D eigenvalue weighted by atomic mass is 32.1. The standard InChI is InChI=1S/C19H21N3O3S2/c1-25-11-16(23)22(9-12-5-4-8-26-12)10-15-20-18(24)17-13-6-2-3-7-14(13)27-19(17)21-15/h4-5,8H,2-3,6-7,9-11H2,1H3,(H,20,21,24). The van der Waals surface area contributed by atoms with E-state index >= 15 is 0 Å². The van der Waals surface area contributed by atoms with E-state index in [4.69, 9.17) is 4.74 Å². The minimum absolute atomic E-state index is 0.00511. The molecule has 3 heterocycles. The molecule has 0 aromatic carbocycles. The number of rotatable bonds is 6. The highest BCUT2D eigenvalue weighted by molar-refractivity contribution is 7.18. The number of aromatic amines is 1.